The zero-order valence-electron chi connectivity index (χ0n) is 12.4. The average molecular weight is 271 g/mol. The molecule has 5 heteroatoms. The van der Waals surface area contributed by atoms with Gasteiger partial charge in [-0.15, -0.1) is 0 Å². The van der Waals surface area contributed by atoms with Crippen molar-refractivity contribution in [1.82, 2.24) is 4.90 Å². The van der Waals surface area contributed by atoms with Crippen LogP contribution in [-0.4, -0.2) is 39.8 Å². The van der Waals surface area contributed by atoms with Gasteiger partial charge in [-0.25, -0.2) is 9.59 Å². The van der Waals surface area contributed by atoms with Gasteiger partial charge in [0.25, 0.3) is 0 Å². The number of unbranched alkanes of at least 4 members (excludes halogenated alkanes) is 1. The molecule has 0 aromatic rings. The average Bonchev–Trinajstić information content (AvgIpc) is 2.69. The Morgan fingerprint density at radius 2 is 2.00 bits per heavy atom. The molecule has 5 nitrogen and oxygen atoms in total. The molecular formula is C14H25NO4. The summed E-state index contributed by atoms with van der Waals surface area (Å²) in [7, 11) is 0. The Kier molecular flexibility index (Phi) is 4.82. The molecule has 1 amide bonds. The van der Waals surface area contributed by atoms with E-state index in [0.717, 1.165) is 19.3 Å². The summed E-state index contributed by atoms with van der Waals surface area (Å²) in [6.45, 7) is 7.84. The minimum Gasteiger partial charge on any atom is -0.479 e. The largest absolute Gasteiger partial charge is 0.479 e. The molecule has 0 saturated carbocycles. The molecule has 0 radical (unpaired) electrons. The highest BCUT2D eigenvalue weighted by molar-refractivity contribution is 5.85. The first-order valence-corrected chi connectivity index (χ1v) is 6.97. The highest BCUT2D eigenvalue weighted by Crippen LogP contribution is 2.35. The Labute approximate surface area is 114 Å². The van der Waals surface area contributed by atoms with Gasteiger partial charge < -0.3 is 9.84 Å². The minimum absolute atomic E-state index is 0.463. The van der Waals surface area contributed by atoms with Gasteiger partial charge in [-0.2, -0.15) is 0 Å². The van der Waals surface area contributed by atoms with Crippen LogP contribution >= 0.6 is 0 Å². The van der Waals surface area contributed by atoms with Crippen molar-refractivity contribution >= 4 is 12.1 Å². The Hall–Kier alpha value is -1.26. The summed E-state index contributed by atoms with van der Waals surface area (Å²) in [6, 6.07) is 0. The van der Waals surface area contributed by atoms with Gasteiger partial charge in [0.15, 0.2) is 0 Å². The maximum absolute atomic E-state index is 12.2. The molecule has 0 aromatic heterocycles. The normalized spacial score (nSPS) is 23.5. The van der Waals surface area contributed by atoms with E-state index < -0.39 is 23.2 Å². The van der Waals surface area contributed by atoms with E-state index in [1.54, 1.807) is 20.8 Å². The molecule has 1 aliphatic heterocycles. The molecule has 0 spiro atoms. The maximum atomic E-state index is 12.2. The van der Waals surface area contributed by atoms with E-state index in [-0.39, 0.29) is 0 Å². The lowest BCUT2D eigenvalue weighted by atomic mass is 9.90. The summed E-state index contributed by atoms with van der Waals surface area (Å²) in [5.41, 5.74) is -1.67. The van der Waals surface area contributed by atoms with Crippen molar-refractivity contribution in [3.63, 3.8) is 0 Å². The standard InChI is InChI=1S/C14H25NO4/c1-5-6-8-14(11(16)17)9-7-10-15(14)12(18)19-13(2,3)4/h5-10H2,1-4H3,(H,16,17)/t14-/m1/s1. The van der Waals surface area contributed by atoms with E-state index in [1.807, 2.05) is 6.92 Å². The van der Waals surface area contributed by atoms with Crippen molar-refractivity contribution in [1.29, 1.82) is 0 Å². The Balaban J connectivity index is 2.90. The molecular weight excluding hydrogens is 246 g/mol. The first-order valence-electron chi connectivity index (χ1n) is 6.97. The van der Waals surface area contributed by atoms with Gasteiger partial charge in [0.05, 0.1) is 0 Å². The van der Waals surface area contributed by atoms with Crippen LogP contribution in [0.15, 0.2) is 0 Å². The number of carboxylic acid groups (broad SMARTS) is 1. The number of carbonyl (C=O) groups excluding carboxylic acids is 1. The Bertz CT molecular complexity index is 348. The number of nitrogens with zero attached hydrogens (tertiary/aromatic N) is 1. The molecule has 1 N–H and O–H groups in total. The SMILES string of the molecule is CCCC[C@]1(C(=O)O)CCCN1C(=O)OC(C)(C)C. The van der Waals surface area contributed by atoms with Gasteiger partial charge in [-0.1, -0.05) is 19.8 Å². The highest BCUT2D eigenvalue weighted by Gasteiger charge is 2.50. The summed E-state index contributed by atoms with van der Waals surface area (Å²) < 4.78 is 5.33. The van der Waals surface area contributed by atoms with E-state index in [0.29, 0.717) is 19.4 Å². The number of carbonyl (C=O) groups is 2. The van der Waals surface area contributed by atoms with Crippen LogP contribution in [0.2, 0.25) is 0 Å². The lowest BCUT2D eigenvalue weighted by Gasteiger charge is -2.35. The molecule has 0 bridgehead atoms. The highest BCUT2D eigenvalue weighted by atomic mass is 16.6. The third kappa shape index (κ3) is 3.61. The first-order chi connectivity index (χ1) is 8.73. The molecule has 1 fully saturated rings. The van der Waals surface area contributed by atoms with Crippen LogP contribution in [0.5, 0.6) is 0 Å². The number of rotatable bonds is 4. The van der Waals surface area contributed by atoms with Crippen molar-refractivity contribution in [2.45, 2.75) is 70.9 Å². The molecule has 1 aliphatic rings. The molecule has 1 saturated heterocycles. The van der Waals surface area contributed by atoms with Gasteiger partial charge in [0, 0.05) is 6.54 Å². The Morgan fingerprint density at radius 3 is 2.47 bits per heavy atom. The van der Waals surface area contributed by atoms with Crippen LogP contribution in [0.25, 0.3) is 0 Å². The summed E-state index contributed by atoms with van der Waals surface area (Å²) in [5, 5.41) is 9.56. The zero-order valence-corrected chi connectivity index (χ0v) is 12.4. The molecule has 1 heterocycles. The van der Waals surface area contributed by atoms with Gasteiger partial charge >= 0.3 is 12.1 Å². The minimum atomic E-state index is -1.07. The van der Waals surface area contributed by atoms with Gasteiger partial charge in [0.1, 0.15) is 11.1 Å². The summed E-state index contributed by atoms with van der Waals surface area (Å²) >= 11 is 0. The van der Waals surface area contributed by atoms with Crippen LogP contribution < -0.4 is 0 Å². The molecule has 110 valence electrons. The molecule has 1 atom stereocenters. The number of aliphatic carboxylic acids is 1. The number of likely N-dealkylation sites (tertiary alicyclic amines) is 1. The van der Waals surface area contributed by atoms with Crippen molar-refractivity contribution in [3.05, 3.63) is 0 Å². The number of hydrogen-bond donors (Lipinski definition) is 1. The topological polar surface area (TPSA) is 66.8 Å². The fraction of sp³-hybridized carbons (Fsp3) is 0.857. The third-order valence-corrected chi connectivity index (χ3v) is 3.44. The zero-order chi connectivity index (χ0) is 14.7. The molecule has 19 heavy (non-hydrogen) atoms. The monoisotopic (exact) mass is 271 g/mol. The number of amides is 1. The number of ether oxygens (including phenoxy) is 1. The van der Waals surface area contributed by atoms with Crippen LogP contribution in [0.3, 0.4) is 0 Å². The second kappa shape index (κ2) is 5.80. The van der Waals surface area contributed by atoms with Crippen molar-refractivity contribution in [3.8, 4) is 0 Å². The lowest BCUT2D eigenvalue weighted by Crippen LogP contribution is -2.54. The van der Waals surface area contributed by atoms with Crippen LogP contribution in [-0.2, 0) is 9.53 Å². The predicted octanol–water partition coefficient (Wildman–Crippen LogP) is 3.03. The molecule has 0 unspecified atom stereocenters. The van der Waals surface area contributed by atoms with E-state index in [9.17, 15) is 14.7 Å². The fourth-order valence-electron chi connectivity index (χ4n) is 2.52. The van der Waals surface area contributed by atoms with E-state index >= 15 is 0 Å². The summed E-state index contributed by atoms with van der Waals surface area (Å²) in [4.78, 5) is 25.3. The summed E-state index contributed by atoms with van der Waals surface area (Å²) in [5.74, 6) is -0.913. The predicted molar refractivity (Wildman–Crippen MR) is 72.1 cm³/mol. The van der Waals surface area contributed by atoms with Crippen LogP contribution in [0.4, 0.5) is 4.79 Å². The number of carboxylic acids is 1. The summed E-state index contributed by atoms with van der Waals surface area (Å²) in [6.07, 6.45) is 2.93. The first kappa shape index (κ1) is 15.8. The van der Waals surface area contributed by atoms with Crippen LogP contribution in [0, 0.1) is 0 Å². The maximum Gasteiger partial charge on any atom is 0.411 e. The van der Waals surface area contributed by atoms with E-state index in [4.69, 9.17) is 4.74 Å². The second-order valence-electron chi connectivity index (χ2n) is 6.18. The molecule has 1 rings (SSSR count). The van der Waals surface area contributed by atoms with Crippen molar-refractivity contribution in [2.75, 3.05) is 6.54 Å². The smallest absolute Gasteiger partial charge is 0.411 e. The fourth-order valence-corrected chi connectivity index (χ4v) is 2.52. The van der Waals surface area contributed by atoms with Crippen molar-refractivity contribution < 1.29 is 19.4 Å². The third-order valence-electron chi connectivity index (χ3n) is 3.44. The number of hydrogen-bond acceptors (Lipinski definition) is 3. The Morgan fingerprint density at radius 1 is 1.37 bits per heavy atom. The second-order valence-corrected chi connectivity index (χ2v) is 6.18. The molecule has 0 aliphatic carbocycles. The van der Waals surface area contributed by atoms with Gasteiger partial charge in [-0.05, 0) is 40.0 Å². The van der Waals surface area contributed by atoms with Crippen molar-refractivity contribution in [2.24, 2.45) is 0 Å². The van der Waals surface area contributed by atoms with Gasteiger partial charge in [0.2, 0.25) is 0 Å². The van der Waals surface area contributed by atoms with Gasteiger partial charge in [-0.3, -0.25) is 4.90 Å². The quantitative estimate of drug-likeness (QED) is 0.853. The van der Waals surface area contributed by atoms with E-state index in [1.165, 1.54) is 4.90 Å². The molecule has 0 aromatic carbocycles. The lowest BCUT2D eigenvalue weighted by molar-refractivity contribution is -0.150. The van der Waals surface area contributed by atoms with E-state index in [2.05, 4.69) is 0 Å². The van der Waals surface area contributed by atoms with Crippen LogP contribution in [0.1, 0.15) is 59.8 Å².